The molecule has 7 nitrogen and oxygen atoms in total. The lowest BCUT2D eigenvalue weighted by Gasteiger charge is -2.19. The number of pyridine rings is 3. The summed E-state index contributed by atoms with van der Waals surface area (Å²) in [6.07, 6.45) is 6.50. The van der Waals surface area contributed by atoms with Crippen LogP contribution in [0.15, 0.2) is 85.3 Å². The molecule has 0 saturated heterocycles. The first kappa shape index (κ1) is 21.8. The molecule has 0 spiro atoms. The molecule has 0 aliphatic heterocycles. The van der Waals surface area contributed by atoms with Crippen molar-refractivity contribution in [1.29, 1.82) is 0 Å². The molecule has 0 bridgehead atoms. The summed E-state index contributed by atoms with van der Waals surface area (Å²) >= 11 is 0. The van der Waals surface area contributed by atoms with Gasteiger partial charge in [-0.1, -0.05) is 42.5 Å². The summed E-state index contributed by atoms with van der Waals surface area (Å²) in [5.74, 6) is -0.700. The topological polar surface area (TPSA) is 111 Å². The third-order valence-electron chi connectivity index (χ3n) is 5.30. The highest BCUT2D eigenvalue weighted by Gasteiger charge is 2.25. The number of nitrogens with two attached hydrogens (primary N) is 1. The van der Waals surface area contributed by atoms with Crippen molar-refractivity contribution in [2.24, 2.45) is 5.73 Å². The zero-order chi connectivity index (χ0) is 23.0. The molecule has 0 fully saturated rings. The predicted molar refractivity (Wildman–Crippen MR) is 127 cm³/mol. The van der Waals surface area contributed by atoms with Gasteiger partial charge in [-0.05, 0) is 29.8 Å². The Morgan fingerprint density at radius 2 is 1.85 bits per heavy atom. The zero-order valence-corrected chi connectivity index (χ0v) is 17.9. The van der Waals surface area contributed by atoms with Crippen LogP contribution in [0.4, 0.5) is 5.82 Å². The van der Waals surface area contributed by atoms with E-state index in [2.05, 4.69) is 15.3 Å². The SMILES string of the molecule is NC(=O)C(c1cccnc1)c1ccc(-c2ccccc2C=O)nc1NCCc1ccccn1. The average molecular weight is 438 g/mol. The van der Waals surface area contributed by atoms with Gasteiger partial charge in [0, 0.05) is 53.9 Å². The maximum Gasteiger partial charge on any atom is 0.229 e. The molecule has 33 heavy (non-hydrogen) atoms. The number of nitrogens with zero attached hydrogens (tertiary/aromatic N) is 3. The smallest absolute Gasteiger partial charge is 0.229 e. The molecule has 1 unspecified atom stereocenters. The molecule has 3 N–H and O–H groups in total. The molecule has 1 amide bonds. The highest BCUT2D eigenvalue weighted by Crippen LogP contribution is 2.32. The van der Waals surface area contributed by atoms with E-state index in [9.17, 15) is 9.59 Å². The summed E-state index contributed by atoms with van der Waals surface area (Å²) in [4.78, 5) is 37.3. The second kappa shape index (κ2) is 10.3. The van der Waals surface area contributed by atoms with E-state index in [-0.39, 0.29) is 0 Å². The highest BCUT2D eigenvalue weighted by molar-refractivity contribution is 5.89. The number of primary amides is 1. The van der Waals surface area contributed by atoms with Gasteiger partial charge in [0.1, 0.15) is 5.82 Å². The standard InChI is InChI=1S/C26H23N5O2/c27-25(33)24(18-7-5-13-28-16-18)22-10-11-23(21-9-2-1-6-19(21)17-32)31-26(22)30-15-12-20-8-3-4-14-29-20/h1-11,13-14,16-17,24H,12,15H2,(H2,27,33)(H,30,31). The second-order valence-corrected chi connectivity index (χ2v) is 7.46. The van der Waals surface area contributed by atoms with E-state index in [1.807, 2.05) is 42.5 Å². The summed E-state index contributed by atoms with van der Waals surface area (Å²) in [6.45, 7) is 0.550. The van der Waals surface area contributed by atoms with Crippen molar-refractivity contribution in [3.8, 4) is 11.3 Å². The van der Waals surface area contributed by atoms with Gasteiger partial charge in [0.05, 0.1) is 11.6 Å². The number of aromatic nitrogens is 3. The Bertz CT molecular complexity index is 1250. The number of aldehydes is 1. The lowest BCUT2D eigenvalue weighted by Crippen LogP contribution is -2.24. The first-order valence-corrected chi connectivity index (χ1v) is 10.6. The number of hydrogen-bond acceptors (Lipinski definition) is 6. The van der Waals surface area contributed by atoms with Gasteiger partial charge in [-0.2, -0.15) is 0 Å². The molecular formula is C26H23N5O2. The van der Waals surface area contributed by atoms with Crippen LogP contribution in [0.2, 0.25) is 0 Å². The van der Waals surface area contributed by atoms with Crippen LogP contribution >= 0.6 is 0 Å². The van der Waals surface area contributed by atoms with E-state index in [0.717, 1.165) is 12.0 Å². The molecule has 0 radical (unpaired) electrons. The Morgan fingerprint density at radius 1 is 1.00 bits per heavy atom. The van der Waals surface area contributed by atoms with E-state index < -0.39 is 11.8 Å². The quantitative estimate of drug-likeness (QED) is 0.387. The molecule has 4 rings (SSSR count). The Kier molecular flexibility index (Phi) is 6.80. The zero-order valence-electron chi connectivity index (χ0n) is 17.9. The number of anilines is 1. The van der Waals surface area contributed by atoms with Crippen LogP contribution in [-0.2, 0) is 11.2 Å². The van der Waals surface area contributed by atoms with Crippen LogP contribution in [-0.4, -0.2) is 33.7 Å². The molecule has 1 atom stereocenters. The average Bonchev–Trinajstić information content (AvgIpc) is 2.86. The van der Waals surface area contributed by atoms with Crippen molar-refractivity contribution in [1.82, 2.24) is 15.0 Å². The highest BCUT2D eigenvalue weighted by atomic mass is 16.1. The van der Waals surface area contributed by atoms with Gasteiger partial charge in [0.15, 0.2) is 6.29 Å². The fraction of sp³-hybridized carbons (Fsp3) is 0.115. The molecule has 0 saturated carbocycles. The van der Waals surface area contributed by atoms with Crippen molar-refractivity contribution in [3.63, 3.8) is 0 Å². The molecule has 4 aromatic rings. The summed E-state index contributed by atoms with van der Waals surface area (Å²) < 4.78 is 0. The summed E-state index contributed by atoms with van der Waals surface area (Å²) in [7, 11) is 0. The van der Waals surface area contributed by atoms with E-state index in [0.29, 0.717) is 46.7 Å². The fourth-order valence-corrected chi connectivity index (χ4v) is 3.73. The molecule has 0 aliphatic rings. The Hall–Kier alpha value is -4.39. The van der Waals surface area contributed by atoms with E-state index in [1.54, 1.807) is 42.9 Å². The molecule has 1 aromatic carbocycles. The van der Waals surface area contributed by atoms with Crippen LogP contribution in [0.1, 0.15) is 33.1 Å². The van der Waals surface area contributed by atoms with Crippen LogP contribution in [0.5, 0.6) is 0 Å². The van der Waals surface area contributed by atoms with Crippen molar-refractivity contribution in [3.05, 3.63) is 108 Å². The maximum absolute atomic E-state index is 12.5. The minimum absolute atomic E-state index is 0.501. The summed E-state index contributed by atoms with van der Waals surface area (Å²) in [6, 6.07) is 20.2. The van der Waals surface area contributed by atoms with Gasteiger partial charge in [-0.15, -0.1) is 0 Å². The van der Waals surface area contributed by atoms with Crippen LogP contribution in [0.25, 0.3) is 11.3 Å². The van der Waals surface area contributed by atoms with Gasteiger partial charge in [0.25, 0.3) is 0 Å². The molecule has 3 heterocycles. The van der Waals surface area contributed by atoms with Gasteiger partial charge in [0.2, 0.25) is 5.91 Å². The minimum Gasteiger partial charge on any atom is -0.369 e. The van der Waals surface area contributed by atoms with Crippen molar-refractivity contribution in [2.45, 2.75) is 12.3 Å². The van der Waals surface area contributed by atoms with Gasteiger partial charge < -0.3 is 11.1 Å². The largest absolute Gasteiger partial charge is 0.369 e. The molecule has 0 aliphatic carbocycles. The van der Waals surface area contributed by atoms with E-state index in [4.69, 9.17) is 10.7 Å². The van der Waals surface area contributed by atoms with Crippen molar-refractivity contribution >= 4 is 18.0 Å². The van der Waals surface area contributed by atoms with Crippen LogP contribution < -0.4 is 11.1 Å². The fourth-order valence-electron chi connectivity index (χ4n) is 3.73. The third-order valence-corrected chi connectivity index (χ3v) is 5.30. The summed E-state index contributed by atoms with van der Waals surface area (Å²) in [5, 5.41) is 3.35. The predicted octanol–water partition coefficient (Wildman–Crippen LogP) is 3.62. The van der Waals surface area contributed by atoms with Crippen LogP contribution in [0.3, 0.4) is 0 Å². The first-order chi connectivity index (χ1) is 16.2. The maximum atomic E-state index is 12.5. The van der Waals surface area contributed by atoms with Crippen LogP contribution in [0, 0.1) is 0 Å². The number of benzene rings is 1. The normalized spacial score (nSPS) is 11.5. The number of carbonyl (C=O) groups excluding carboxylic acids is 2. The molecule has 3 aromatic heterocycles. The number of amides is 1. The lowest BCUT2D eigenvalue weighted by atomic mass is 9.91. The molecular weight excluding hydrogens is 414 g/mol. The van der Waals surface area contributed by atoms with Gasteiger partial charge >= 0.3 is 0 Å². The van der Waals surface area contributed by atoms with Crippen molar-refractivity contribution in [2.75, 3.05) is 11.9 Å². The third kappa shape index (κ3) is 5.10. The van der Waals surface area contributed by atoms with E-state index in [1.165, 1.54) is 0 Å². The van der Waals surface area contributed by atoms with Gasteiger partial charge in [-0.25, -0.2) is 4.98 Å². The number of carbonyl (C=O) groups is 2. The molecule has 164 valence electrons. The van der Waals surface area contributed by atoms with Gasteiger partial charge in [-0.3, -0.25) is 19.6 Å². The monoisotopic (exact) mass is 437 g/mol. The Morgan fingerprint density at radius 3 is 2.58 bits per heavy atom. The number of nitrogens with one attached hydrogen (secondary N) is 1. The number of rotatable bonds is 9. The summed E-state index contributed by atoms with van der Waals surface area (Å²) in [5.41, 5.74) is 9.94. The second-order valence-electron chi connectivity index (χ2n) is 7.46. The number of hydrogen-bond donors (Lipinski definition) is 2. The lowest BCUT2D eigenvalue weighted by molar-refractivity contribution is -0.118. The van der Waals surface area contributed by atoms with E-state index >= 15 is 0 Å². The Balaban J connectivity index is 1.74. The Labute approximate surface area is 191 Å². The first-order valence-electron chi connectivity index (χ1n) is 10.6. The van der Waals surface area contributed by atoms with Crippen molar-refractivity contribution < 1.29 is 9.59 Å². The molecule has 7 heteroatoms. The minimum atomic E-state index is -0.723.